The lowest BCUT2D eigenvalue weighted by molar-refractivity contribution is -0.116. The Morgan fingerprint density at radius 2 is 1.52 bits per heavy atom. The molecule has 0 aliphatic heterocycles. The largest absolute Gasteiger partial charge is 0.494 e. The Kier molecular flexibility index (Phi) is 5.92. The number of fused-ring (bicyclic) bond motifs is 2. The smallest absolute Gasteiger partial charge is 0.223 e. The zero-order valence-corrected chi connectivity index (χ0v) is 19.4. The fourth-order valence-corrected chi connectivity index (χ4v) is 3.53. The summed E-state index contributed by atoms with van der Waals surface area (Å²) in [5.41, 5.74) is 12.4. The molecule has 2 aromatic carbocycles. The second-order valence-electron chi connectivity index (χ2n) is 7.80. The molecule has 0 saturated heterocycles. The van der Waals surface area contributed by atoms with Crippen LogP contribution in [0.2, 0.25) is 0 Å². The average molecular weight is 423 g/mol. The average Bonchev–Trinajstić information content (AvgIpc) is 3.17. The fourth-order valence-electron chi connectivity index (χ4n) is 3.53. The van der Waals surface area contributed by atoms with Gasteiger partial charge in [0.25, 0.3) is 0 Å². The summed E-state index contributed by atoms with van der Waals surface area (Å²) in [5, 5.41) is 11.0. The number of aromatic nitrogens is 4. The first-order valence-electron chi connectivity index (χ1n) is 10.00. The molecule has 8 nitrogen and oxygen atoms in total. The van der Waals surface area contributed by atoms with Gasteiger partial charge in [0, 0.05) is 62.0 Å². The first-order chi connectivity index (χ1) is 14.5. The van der Waals surface area contributed by atoms with Crippen LogP contribution in [-0.2, 0) is 18.9 Å². The molecule has 4 rings (SSSR count). The van der Waals surface area contributed by atoms with Crippen molar-refractivity contribution >= 4 is 39.1 Å². The lowest BCUT2D eigenvalue weighted by Crippen LogP contribution is -2.23. The molecule has 8 heteroatoms. The summed E-state index contributed by atoms with van der Waals surface area (Å²) in [6, 6.07) is 7.81. The molecule has 2 heterocycles. The van der Waals surface area contributed by atoms with Crippen molar-refractivity contribution in [2.45, 2.75) is 27.7 Å². The molecule has 164 valence electrons. The standard InChI is InChI=1S/C13H17N3O.C10H13N3O/c1-8-6-11-9(2)16(5)14-13(11)12(7-8)15(4)10(3)17;1-6-8-4-7(11)5-9(14-3)10(8)12-13(6)2/h6-7H,1-5H3;4-5H,11H2,1-3H3. The van der Waals surface area contributed by atoms with Gasteiger partial charge in [-0.2, -0.15) is 10.2 Å². The molecular weight excluding hydrogens is 392 g/mol. The molecule has 2 N–H and O–H groups in total. The highest BCUT2D eigenvalue weighted by molar-refractivity contribution is 6.02. The van der Waals surface area contributed by atoms with Crippen molar-refractivity contribution in [2.24, 2.45) is 14.1 Å². The normalized spacial score (nSPS) is 10.8. The summed E-state index contributed by atoms with van der Waals surface area (Å²) in [7, 11) is 7.23. The van der Waals surface area contributed by atoms with E-state index in [0.717, 1.165) is 50.2 Å². The maximum atomic E-state index is 11.5. The number of ether oxygens (including phenoxy) is 1. The van der Waals surface area contributed by atoms with Gasteiger partial charge in [-0.1, -0.05) is 0 Å². The number of rotatable bonds is 2. The van der Waals surface area contributed by atoms with Crippen molar-refractivity contribution in [2.75, 3.05) is 24.8 Å². The lowest BCUT2D eigenvalue weighted by atomic mass is 10.1. The molecule has 2 aromatic heterocycles. The number of hydrogen-bond acceptors (Lipinski definition) is 5. The molecule has 0 aliphatic rings. The molecule has 0 aliphatic carbocycles. The Morgan fingerprint density at radius 1 is 0.968 bits per heavy atom. The minimum atomic E-state index is 0.0141. The Balaban J connectivity index is 0.000000179. The highest BCUT2D eigenvalue weighted by Gasteiger charge is 2.15. The van der Waals surface area contributed by atoms with Crippen LogP contribution in [0.1, 0.15) is 23.9 Å². The highest BCUT2D eigenvalue weighted by atomic mass is 16.5. The van der Waals surface area contributed by atoms with Crippen LogP contribution in [0.4, 0.5) is 11.4 Å². The zero-order valence-electron chi connectivity index (χ0n) is 19.4. The molecule has 0 spiro atoms. The van der Waals surface area contributed by atoms with Gasteiger partial charge < -0.3 is 15.4 Å². The number of anilines is 2. The van der Waals surface area contributed by atoms with Crippen LogP contribution in [0.5, 0.6) is 5.75 Å². The van der Waals surface area contributed by atoms with E-state index in [1.165, 1.54) is 0 Å². The van der Waals surface area contributed by atoms with E-state index in [9.17, 15) is 4.79 Å². The van der Waals surface area contributed by atoms with Gasteiger partial charge in [-0.05, 0) is 44.5 Å². The maximum absolute atomic E-state index is 11.5. The van der Waals surface area contributed by atoms with Gasteiger partial charge in [-0.25, -0.2) is 0 Å². The maximum Gasteiger partial charge on any atom is 0.223 e. The predicted octanol–water partition coefficient (Wildman–Crippen LogP) is 3.65. The topological polar surface area (TPSA) is 91.2 Å². The summed E-state index contributed by atoms with van der Waals surface area (Å²) in [6.45, 7) is 7.63. The highest BCUT2D eigenvalue weighted by Crippen LogP contribution is 2.30. The van der Waals surface area contributed by atoms with Gasteiger partial charge >= 0.3 is 0 Å². The first-order valence-corrected chi connectivity index (χ1v) is 10.00. The molecule has 0 radical (unpaired) electrons. The molecule has 0 saturated carbocycles. The van der Waals surface area contributed by atoms with Crippen LogP contribution in [-0.4, -0.2) is 39.6 Å². The molecule has 0 fully saturated rings. The number of nitrogens with two attached hydrogens (primary N) is 1. The second kappa shape index (κ2) is 8.29. The van der Waals surface area contributed by atoms with Crippen molar-refractivity contribution in [3.8, 4) is 5.75 Å². The van der Waals surface area contributed by atoms with Gasteiger partial charge in [0.1, 0.15) is 16.8 Å². The number of benzene rings is 2. The van der Waals surface area contributed by atoms with Crippen molar-refractivity contribution in [1.29, 1.82) is 0 Å². The van der Waals surface area contributed by atoms with E-state index in [4.69, 9.17) is 10.5 Å². The van der Waals surface area contributed by atoms with Gasteiger partial charge in [0.05, 0.1) is 12.8 Å². The quantitative estimate of drug-likeness (QED) is 0.498. The van der Waals surface area contributed by atoms with E-state index in [-0.39, 0.29) is 5.91 Å². The van der Waals surface area contributed by atoms with Crippen molar-refractivity contribution < 1.29 is 9.53 Å². The monoisotopic (exact) mass is 422 g/mol. The Bertz CT molecular complexity index is 1280. The number of nitrogens with zero attached hydrogens (tertiary/aromatic N) is 5. The van der Waals surface area contributed by atoms with Crippen LogP contribution >= 0.6 is 0 Å². The van der Waals surface area contributed by atoms with Crippen LogP contribution in [0.3, 0.4) is 0 Å². The van der Waals surface area contributed by atoms with E-state index < -0.39 is 0 Å². The van der Waals surface area contributed by atoms with E-state index in [1.54, 1.807) is 32.0 Å². The first kappa shape index (κ1) is 22.1. The fraction of sp³-hybridized carbons (Fsp3) is 0.348. The van der Waals surface area contributed by atoms with E-state index in [1.807, 2.05) is 56.4 Å². The van der Waals surface area contributed by atoms with Crippen molar-refractivity contribution in [3.05, 3.63) is 41.2 Å². The summed E-state index contributed by atoms with van der Waals surface area (Å²) in [4.78, 5) is 13.1. The third-order valence-electron chi connectivity index (χ3n) is 5.64. The lowest BCUT2D eigenvalue weighted by Gasteiger charge is -2.16. The summed E-state index contributed by atoms with van der Waals surface area (Å²) in [5.74, 6) is 0.740. The van der Waals surface area contributed by atoms with Gasteiger partial charge in [0.15, 0.2) is 0 Å². The predicted molar refractivity (Wildman–Crippen MR) is 126 cm³/mol. The number of carbonyl (C=O) groups is 1. The summed E-state index contributed by atoms with van der Waals surface area (Å²) < 4.78 is 8.90. The minimum Gasteiger partial charge on any atom is -0.494 e. The number of methoxy groups -OCH3 is 1. The Hall–Kier alpha value is -3.55. The molecule has 0 bridgehead atoms. The number of aryl methyl sites for hydroxylation is 5. The van der Waals surface area contributed by atoms with Gasteiger partial charge in [-0.15, -0.1) is 0 Å². The zero-order chi connectivity index (χ0) is 23.0. The number of nitrogen functional groups attached to an aromatic ring is 1. The van der Waals surface area contributed by atoms with Crippen molar-refractivity contribution in [3.63, 3.8) is 0 Å². The number of carbonyl (C=O) groups excluding carboxylic acids is 1. The van der Waals surface area contributed by atoms with Crippen LogP contribution in [0.15, 0.2) is 24.3 Å². The van der Waals surface area contributed by atoms with Crippen molar-refractivity contribution in [1.82, 2.24) is 19.6 Å². The second-order valence-corrected chi connectivity index (χ2v) is 7.80. The van der Waals surface area contributed by atoms with Gasteiger partial charge in [-0.3, -0.25) is 14.2 Å². The number of hydrogen-bond donors (Lipinski definition) is 1. The molecule has 0 atom stereocenters. The Morgan fingerprint density at radius 3 is 2.06 bits per heavy atom. The summed E-state index contributed by atoms with van der Waals surface area (Å²) >= 11 is 0. The third-order valence-corrected chi connectivity index (χ3v) is 5.64. The van der Waals surface area contributed by atoms with Crippen LogP contribution in [0.25, 0.3) is 21.8 Å². The molecule has 4 aromatic rings. The SMILES string of the molecule is CC(=O)N(C)c1cc(C)cc2c(C)n(C)nc12.COc1cc(N)cc2c(C)n(C)nc12. The molecule has 1 amide bonds. The summed E-state index contributed by atoms with van der Waals surface area (Å²) in [6.07, 6.45) is 0. The Labute approximate surface area is 182 Å². The number of amides is 1. The van der Waals surface area contributed by atoms with E-state index in [2.05, 4.69) is 16.3 Å². The third kappa shape index (κ3) is 4.05. The van der Waals surface area contributed by atoms with E-state index in [0.29, 0.717) is 5.69 Å². The van der Waals surface area contributed by atoms with Crippen LogP contribution in [0, 0.1) is 20.8 Å². The minimum absolute atomic E-state index is 0.0141. The van der Waals surface area contributed by atoms with Gasteiger partial charge in [0.2, 0.25) is 5.91 Å². The van der Waals surface area contributed by atoms with E-state index >= 15 is 0 Å². The van der Waals surface area contributed by atoms with Crippen LogP contribution < -0.4 is 15.4 Å². The molecular formula is C23H30N6O2. The molecule has 0 unspecified atom stereocenters. The molecule has 31 heavy (non-hydrogen) atoms.